The third-order valence-corrected chi connectivity index (χ3v) is 8.86. The second-order valence-corrected chi connectivity index (χ2v) is 12.9. The molecule has 0 aliphatic rings. The fourth-order valence-corrected chi connectivity index (χ4v) is 4.40. The highest BCUT2D eigenvalue weighted by atomic mass is 32.2. The Morgan fingerprint density at radius 1 is 0.719 bits per heavy atom. The van der Waals surface area contributed by atoms with Gasteiger partial charge in [0.15, 0.2) is 0 Å². The maximum Gasteiger partial charge on any atom is 0.213 e. The van der Waals surface area contributed by atoms with Gasteiger partial charge in [0.25, 0.3) is 0 Å². The van der Waals surface area contributed by atoms with Crippen molar-refractivity contribution in [3.05, 3.63) is 65.7 Å². The smallest absolute Gasteiger partial charge is 0.213 e. The lowest BCUT2D eigenvalue weighted by molar-refractivity contribution is 0.570. The SMILES string of the molecule is CC(C)S(=O)(=O)NCCc1ccc(N(CCNS(=O)(=O)C(C)C)Cc2ccccc2)cc1. The van der Waals surface area contributed by atoms with Crippen LogP contribution in [0, 0.1) is 0 Å². The molecule has 0 unspecified atom stereocenters. The lowest BCUT2D eigenvalue weighted by Crippen LogP contribution is -2.37. The number of sulfonamides is 2. The number of nitrogens with zero attached hydrogens (tertiary/aromatic N) is 1. The van der Waals surface area contributed by atoms with Gasteiger partial charge in [-0.15, -0.1) is 0 Å². The first-order valence-electron chi connectivity index (χ1n) is 10.9. The Morgan fingerprint density at radius 2 is 1.25 bits per heavy atom. The Kier molecular flexibility index (Phi) is 9.69. The highest BCUT2D eigenvalue weighted by molar-refractivity contribution is 7.90. The Hall–Kier alpha value is -1.94. The van der Waals surface area contributed by atoms with Crippen LogP contribution in [0.15, 0.2) is 54.6 Å². The highest BCUT2D eigenvalue weighted by Crippen LogP contribution is 2.18. The van der Waals surface area contributed by atoms with E-state index in [9.17, 15) is 16.8 Å². The Balaban J connectivity index is 2.06. The summed E-state index contributed by atoms with van der Waals surface area (Å²) in [6.07, 6.45) is 0.596. The van der Waals surface area contributed by atoms with Crippen LogP contribution in [0.2, 0.25) is 0 Å². The van der Waals surface area contributed by atoms with Gasteiger partial charge in [0, 0.05) is 31.9 Å². The van der Waals surface area contributed by atoms with E-state index in [-0.39, 0.29) is 0 Å². The quantitative estimate of drug-likeness (QED) is 0.459. The minimum Gasteiger partial charge on any atom is -0.366 e. The molecule has 0 amide bonds. The van der Waals surface area contributed by atoms with Crippen LogP contribution in [0.3, 0.4) is 0 Å². The van der Waals surface area contributed by atoms with Crippen molar-refractivity contribution in [1.82, 2.24) is 9.44 Å². The molecule has 0 saturated carbocycles. The van der Waals surface area contributed by atoms with Gasteiger partial charge in [-0.25, -0.2) is 26.3 Å². The molecule has 178 valence electrons. The normalized spacial score (nSPS) is 12.4. The Morgan fingerprint density at radius 3 is 1.78 bits per heavy atom. The number of nitrogens with one attached hydrogen (secondary N) is 2. The molecular formula is C23H35N3O4S2. The van der Waals surface area contributed by atoms with Gasteiger partial charge < -0.3 is 4.90 Å². The fraction of sp³-hybridized carbons (Fsp3) is 0.478. The average molecular weight is 482 g/mol. The van der Waals surface area contributed by atoms with Crippen molar-refractivity contribution < 1.29 is 16.8 Å². The molecule has 0 aliphatic heterocycles. The van der Waals surface area contributed by atoms with E-state index in [0.717, 1.165) is 16.8 Å². The van der Waals surface area contributed by atoms with Gasteiger partial charge in [-0.3, -0.25) is 0 Å². The van der Waals surface area contributed by atoms with Crippen LogP contribution in [0.5, 0.6) is 0 Å². The first kappa shape index (κ1) is 26.3. The van der Waals surface area contributed by atoms with Crippen LogP contribution in [0.4, 0.5) is 5.69 Å². The van der Waals surface area contributed by atoms with Crippen molar-refractivity contribution in [2.24, 2.45) is 0 Å². The highest BCUT2D eigenvalue weighted by Gasteiger charge is 2.16. The van der Waals surface area contributed by atoms with Crippen LogP contribution in [-0.2, 0) is 33.0 Å². The minimum absolute atomic E-state index is 0.312. The van der Waals surface area contributed by atoms with E-state index in [1.54, 1.807) is 27.7 Å². The second-order valence-electron chi connectivity index (χ2n) is 8.30. The molecule has 0 radical (unpaired) electrons. The van der Waals surface area contributed by atoms with Crippen LogP contribution in [0.25, 0.3) is 0 Å². The van der Waals surface area contributed by atoms with Crippen LogP contribution >= 0.6 is 0 Å². The second kappa shape index (κ2) is 11.8. The van der Waals surface area contributed by atoms with Gasteiger partial charge in [-0.05, 0) is 57.4 Å². The maximum absolute atomic E-state index is 12.1. The summed E-state index contributed by atoms with van der Waals surface area (Å²) in [7, 11) is -6.58. The van der Waals surface area contributed by atoms with E-state index in [1.165, 1.54) is 0 Å². The van der Waals surface area contributed by atoms with Crippen molar-refractivity contribution in [2.45, 2.75) is 51.2 Å². The van der Waals surface area contributed by atoms with Gasteiger partial charge in [0.2, 0.25) is 20.0 Å². The summed E-state index contributed by atoms with van der Waals surface area (Å²) < 4.78 is 53.2. The van der Waals surface area contributed by atoms with Crippen LogP contribution < -0.4 is 14.3 Å². The molecule has 9 heteroatoms. The molecule has 32 heavy (non-hydrogen) atoms. The molecule has 0 heterocycles. The van der Waals surface area contributed by atoms with E-state index in [2.05, 4.69) is 14.3 Å². The minimum atomic E-state index is -3.32. The molecule has 2 rings (SSSR count). The molecule has 0 fully saturated rings. The van der Waals surface area contributed by atoms with Crippen molar-refractivity contribution >= 4 is 25.7 Å². The zero-order valence-corrected chi connectivity index (χ0v) is 20.9. The zero-order chi connectivity index (χ0) is 23.8. The van der Waals surface area contributed by atoms with Gasteiger partial charge in [0.05, 0.1) is 10.5 Å². The summed E-state index contributed by atoms with van der Waals surface area (Å²) in [5, 5.41) is -0.929. The maximum atomic E-state index is 12.1. The fourth-order valence-electron chi connectivity index (χ4n) is 2.97. The van der Waals surface area contributed by atoms with Crippen molar-refractivity contribution in [3.63, 3.8) is 0 Å². The molecule has 0 spiro atoms. The van der Waals surface area contributed by atoms with E-state index in [0.29, 0.717) is 32.6 Å². The Bertz CT molecular complexity index is 1040. The molecule has 2 N–H and O–H groups in total. The molecule has 0 aromatic heterocycles. The molecular weight excluding hydrogens is 446 g/mol. The molecule has 0 aliphatic carbocycles. The first-order valence-corrected chi connectivity index (χ1v) is 14.0. The van der Waals surface area contributed by atoms with E-state index in [4.69, 9.17) is 0 Å². The van der Waals surface area contributed by atoms with Gasteiger partial charge in [-0.2, -0.15) is 0 Å². The standard InChI is InChI=1S/C23H35N3O4S2/c1-19(2)31(27,28)24-15-14-21-10-12-23(13-11-21)26(18-22-8-6-5-7-9-22)17-16-25-32(29,30)20(3)4/h5-13,19-20,24-25H,14-18H2,1-4H3. The molecule has 7 nitrogen and oxygen atoms in total. The van der Waals surface area contributed by atoms with Crippen LogP contribution in [-0.4, -0.2) is 47.0 Å². The molecule has 0 atom stereocenters. The van der Waals surface area contributed by atoms with E-state index < -0.39 is 30.5 Å². The summed E-state index contributed by atoms with van der Waals surface area (Å²) in [6.45, 7) is 8.45. The van der Waals surface area contributed by atoms with Crippen molar-refractivity contribution in [1.29, 1.82) is 0 Å². The summed E-state index contributed by atoms with van der Waals surface area (Å²) in [5.74, 6) is 0. The number of rotatable bonds is 13. The summed E-state index contributed by atoms with van der Waals surface area (Å²) in [6, 6.07) is 18.0. The van der Waals surface area contributed by atoms with Crippen LogP contribution in [0.1, 0.15) is 38.8 Å². The predicted molar refractivity (Wildman–Crippen MR) is 132 cm³/mol. The van der Waals surface area contributed by atoms with Crippen molar-refractivity contribution in [3.8, 4) is 0 Å². The van der Waals surface area contributed by atoms with E-state index >= 15 is 0 Å². The molecule has 0 saturated heterocycles. The summed E-state index contributed by atoms with van der Waals surface area (Å²) >= 11 is 0. The monoisotopic (exact) mass is 481 g/mol. The zero-order valence-electron chi connectivity index (χ0n) is 19.3. The van der Waals surface area contributed by atoms with Gasteiger partial charge in [0.1, 0.15) is 0 Å². The topological polar surface area (TPSA) is 95.6 Å². The molecule has 0 bridgehead atoms. The van der Waals surface area contributed by atoms with E-state index in [1.807, 2.05) is 54.6 Å². The lowest BCUT2D eigenvalue weighted by atomic mass is 10.1. The largest absolute Gasteiger partial charge is 0.366 e. The number of anilines is 1. The predicted octanol–water partition coefficient (Wildman–Crippen LogP) is 2.89. The van der Waals surface area contributed by atoms with Gasteiger partial charge in [-0.1, -0.05) is 42.5 Å². The third kappa shape index (κ3) is 8.20. The number of hydrogen-bond donors (Lipinski definition) is 2. The van der Waals surface area contributed by atoms with Gasteiger partial charge >= 0.3 is 0 Å². The summed E-state index contributed by atoms with van der Waals surface area (Å²) in [5.41, 5.74) is 3.14. The number of hydrogen-bond acceptors (Lipinski definition) is 5. The lowest BCUT2D eigenvalue weighted by Gasteiger charge is -2.26. The van der Waals surface area contributed by atoms with Crippen molar-refractivity contribution in [2.75, 3.05) is 24.5 Å². The summed E-state index contributed by atoms with van der Waals surface area (Å²) in [4.78, 5) is 2.13. The Labute approximate surface area is 193 Å². The molecule has 2 aromatic carbocycles. The molecule has 2 aromatic rings. The first-order chi connectivity index (χ1) is 15.0. The average Bonchev–Trinajstić information content (AvgIpc) is 2.74. The third-order valence-electron chi connectivity index (χ3n) is 5.16. The number of benzene rings is 2.